The number of guanidine groups is 1. The summed E-state index contributed by atoms with van der Waals surface area (Å²) in [6.07, 6.45) is 1.92. The molecule has 0 saturated carbocycles. The van der Waals surface area contributed by atoms with Gasteiger partial charge in [-0.2, -0.15) is 0 Å². The summed E-state index contributed by atoms with van der Waals surface area (Å²) in [6.45, 7) is 17.4. The Bertz CT molecular complexity index is 500. The van der Waals surface area contributed by atoms with Gasteiger partial charge in [-0.1, -0.05) is 0 Å². The molecular formula is C21H44IN5O2. The highest BCUT2D eigenvalue weighted by atomic mass is 127. The van der Waals surface area contributed by atoms with Crippen LogP contribution >= 0.6 is 24.0 Å². The molecule has 1 aliphatic heterocycles. The molecule has 1 amide bonds. The normalized spacial score (nSPS) is 16.1. The molecule has 0 aromatic carbocycles. The Labute approximate surface area is 195 Å². The summed E-state index contributed by atoms with van der Waals surface area (Å²) in [5, 5.41) is 3.49. The van der Waals surface area contributed by atoms with Crippen LogP contribution in [0.2, 0.25) is 0 Å². The van der Waals surface area contributed by atoms with Crippen molar-refractivity contribution in [2.75, 3.05) is 53.4 Å². The lowest BCUT2D eigenvalue weighted by molar-refractivity contribution is 0.0214. The first-order chi connectivity index (χ1) is 13.1. The predicted molar refractivity (Wildman–Crippen MR) is 132 cm³/mol. The molecule has 0 aromatic rings. The summed E-state index contributed by atoms with van der Waals surface area (Å²) in [6, 6.07) is 0.547. The first kappa shape index (κ1) is 28.2. The van der Waals surface area contributed by atoms with Crippen LogP contribution in [0.15, 0.2) is 4.99 Å². The van der Waals surface area contributed by atoms with Gasteiger partial charge in [0.25, 0.3) is 0 Å². The summed E-state index contributed by atoms with van der Waals surface area (Å²) in [5.74, 6) is 1.49. The maximum absolute atomic E-state index is 12.4. The Balaban J connectivity index is 0.00000784. The molecule has 0 aliphatic carbocycles. The van der Waals surface area contributed by atoms with Gasteiger partial charge in [-0.05, 0) is 67.3 Å². The van der Waals surface area contributed by atoms with Gasteiger partial charge < -0.3 is 24.8 Å². The number of amides is 1. The predicted octanol–water partition coefficient (Wildman–Crippen LogP) is 3.49. The molecule has 0 spiro atoms. The second-order valence-corrected chi connectivity index (χ2v) is 9.00. The van der Waals surface area contributed by atoms with Gasteiger partial charge in [-0.3, -0.25) is 4.99 Å². The van der Waals surface area contributed by atoms with E-state index in [1.165, 1.54) is 0 Å². The second kappa shape index (κ2) is 13.5. The third kappa shape index (κ3) is 10.7. The summed E-state index contributed by atoms with van der Waals surface area (Å²) < 4.78 is 5.53. The summed E-state index contributed by atoms with van der Waals surface area (Å²) in [5.41, 5.74) is -0.449. The third-order valence-electron chi connectivity index (χ3n) is 5.27. The maximum atomic E-state index is 12.4. The minimum absolute atomic E-state index is 0. The summed E-state index contributed by atoms with van der Waals surface area (Å²) in [4.78, 5) is 23.3. The molecule has 0 radical (unpaired) electrons. The van der Waals surface area contributed by atoms with Gasteiger partial charge in [0, 0.05) is 52.4 Å². The van der Waals surface area contributed by atoms with E-state index in [1.54, 1.807) is 0 Å². The Kier molecular flexibility index (Phi) is 13.2. The van der Waals surface area contributed by atoms with Crippen molar-refractivity contribution >= 4 is 36.0 Å². The van der Waals surface area contributed by atoms with E-state index in [-0.39, 0.29) is 30.1 Å². The second-order valence-electron chi connectivity index (χ2n) is 9.00. The lowest BCUT2D eigenvalue weighted by Gasteiger charge is -2.36. The van der Waals surface area contributed by atoms with Crippen LogP contribution in [0.25, 0.3) is 0 Å². The number of nitrogens with zero attached hydrogens (tertiary/aromatic N) is 4. The fraction of sp³-hybridized carbons (Fsp3) is 0.905. The van der Waals surface area contributed by atoms with E-state index in [9.17, 15) is 4.79 Å². The molecule has 1 N–H and O–H groups in total. The van der Waals surface area contributed by atoms with E-state index in [0.717, 1.165) is 51.5 Å². The fourth-order valence-electron chi connectivity index (χ4n) is 3.23. The zero-order valence-electron chi connectivity index (χ0n) is 19.8. The molecule has 8 heteroatoms. The molecule has 0 atom stereocenters. The molecule has 1 aliphatic rings. The Morgan fingerprint density at radius 2 is 1.86 bits per heavy atom. The fourth-order valence-corrected chi connectivity index (χ4v) is 3.23. The number of rotatable bonds is 7. The number of hydrogen-bond acceptors (Lipinski definition) is 4. The molecule has 1 heterocycles. The number of ether oxygens (including phenoxy) is 1. The number of likely N-dealkylation sites (tertiary alicyclic amines) is 1. The number of aliphatic imine (C=N–C) groups is 1. The third-order valence-corrected chi connectivity index (χ3v) is 5.27. The molecule has 172 valence electrons. The average molecular weight is 526 g/mol. The van der Waals surface area contributed by atoms with E-state index < -0.39 is 5.60 Å². The minimum Gasteiger partial charge on any atom is -0.444 e. The van der Waals surface area contributed by atoms with Crippen molar-refractivity contribution in [2.45, 2.75) is 66.0 Å². The van der Waals surface area contributed by atoms with Crippen LogP contribution in [-0.2, 0) is 4.74 Å². The van der Waals surface area contributed by atoms with E-state index in [4.69, 9.17) is 4.74 Å². The molecule has 1 rings (SSSR count). The molecule has 0 unspecified atom stereocenters. The lowest BCUT2D eigenvalue weighted by Crippen LogP contribution is -2.49. The van der Waals surface area contributed by atoms with Crippen LogP contribution in [0.5, 0.6) is 0 Å². The van der Waals surface area contributed by atoms with Gasteiger partial charge in [0.2, 0.25) is 0 Å². The smallest absolute Gasteiger partial charge is 0.410 e. The molecule has 1 saturated heterocycles. The van der Waals surface area contributed by atoms with Gasteiger partial charge in [-0.15, -0.1) is 24.0 Å². The average Bonchev–Trinajstić information content (AvgIpc) is 2.62. The minimum atomic E-state index is -0.449. The molecule has 7 nitrogen and oxygen atoms in total. The number of likely N-dealkylation sites (N-methyl/N-ethyl adjacent to an activating group) is 1. The topological polar surface area (TPSA) is 60.4 Å². The molecule has 0 aromatic heterocycles. The van der Waals surface area contributed by atoms with Crippen molar-refractivity contribution in [1.29, 1.82) is 0 Å². The van der Waals surface area contributed by atoms with E-state index in [1.807, 2.05) is 39.6 Å². The van der Waals surface area contributed by atoms with Crippen molar-refractivity contribution in [1.82, 2.24) is 20.0 Å². The van der Waals surface area contributed by atoms with Gasteiger partial charge in [0.1, 0.15) is 5.60 Å². The van der Waals surface area contributed by atoms with Gasteiger partial charge in [-0.25, -0.2) is 4.79 Å². The number of nitrogens with one attached hydrogen (secondary N) is 1. The number of carbonyl (C=O) groups is 1. The van der Waals surface area contributed by atoms with Crippen LogP contribution in [0.3, 0.4) is 0 Å². The van der Waals surface area contributed by atoms with Crippen molar-refractivity contribution in [3.63, 3.8) is 0 Å². The first-order valence-electron chi connectivity index (χ1n) is 10.7. The van der Waals surface area contributed by atoms with Crippen molar-refractivity contribution in [3.8, 4) is 0 Å². The number of hydrogen-bond donors (Lipinski definition) is 1. The number of halogens is 1. The lowest BCUT2D eigenvalue weighted by atomic mass is 9.96. The van der Waals surface area contributed by atoms with Crippen LogP contribution in [0.1, 0.15) is 54.4 Å². The van der Waals surface area contributed by atoms with Gasteiger partial charge in [0.05, 0.1) is 0 Å². The number of carbonyl (C=O) groups excluding carboxylic acids is 1. The Morgan fingerprint density at radius 1 is 1.28 bits per heavy atom. The highest BCUT2D eigenvalue weighted by molar-refractivity contribution is 14.0. The van der Waals surface area contributed by atoms with Crippen molar-refractivity contribution in [2.24, 2.45) is 10.9 Å². The van der Waals surface area contributed by atoms with Crippen molar-refractivity contribution in [3.05, 3.63) is 0 Å². The highest BCUT2D eigenvalue weighted by Crippen LogP contribution is 2.20. The number of piperidine rings is 1. The summed E-state index contributed by atoms with van der Waals surface area (Å²) in [7, 11) is 3.99. The van der Waals surface area contributed by atoms with Crippen LogP contribution < -0.4 is 5.32 Å². The zero-order valence-corrected chi connectivity index (χ0v) is 22.2. The monoisotopic (exact) mass is 525 g/mol. The van der Waals surface area contributed by atoms with E-state index >= 15 is 0 Å². The SMILES string of the molecule is CCN(CC1CCN(C(=NC)NCCN(C)C(C)C)CC1)C(=O)OC(C)(C)C.I. The van der Waals surface area contributed by atoms with E-state index in [2.05, 4.69) is 41.0 Å². The standard InChI is InChI=1S/C21H43N5O2.HI/c1-9-25(20(27)28-21(4,5)6)16-18-10-13-26(14-11-18)19(22-7)23-12-15-24(8)17(2)3;/h17-18H,9-16H2,1-8H3,(H,22,23);1H. The zero-order chi connectivity index (χ0) is 21.3. The van der Waals surface area contributed by atoms with E-state index in [0.29, 0.717) is 18.5 Å². The van der Waals surface area contributed by atoms with Gasteiger partial charge in [0.15, 0.2) is 5.96 Å². The largest absolute Gasteiger partial charge is 0.444 e. The van der Waals surface area contributed by atoms with Crippen LogP contribution in [0.4, 0.5) is 4.79 Å². The summed E-state index contributed by atoms with van der Waals surface area (Å²) >= 11 is 0. The van der Waals surface area contributed by atoms with Crippen LogP contribution in [-0.4, -0.2) is 91.8 Å². The van der Waals surface area contributed by atoms with Gasteiger partial charge >= 0.3 is 6.09 Å². The molecular weight excluding hydrogens is 481 g/mol. The Hall–Kier alpha value is -0.770. The van der Waals surface area contributed by atoms with Crippen molar-refractivity contribution < 1.29 is 9.53 Å². The first-order valence-corrected chi connectivity index (χ1v) is 10.7. The maximum Gasteiger partial charge on any atom is 0.410 e. The van der Waals surface area contributed by atoms with Crippen LogP contribution in [0, 0.1) is 5.92 Å². The molecule has 29 heavy (non-hydrogen) atoms. The molecule has 0 bridgehead atoms. The molecule has 1 fully saturated rings. The quantitative estimate of drug-likeness (QED) is 0.313. The highest BCUT2D eigenvalue weighted by Gasteiger charge is 2.27. The Morgan fingerprint density at radius 3 is 2.31 bits per heavy atom.